The van der Waals surface area contributed by atoms with Crippen molar-refractivity contribution >= 4 is 5.78 Å². The van der Waals surface area contributed by atoms with Crippen LogP contribution >= 0.6 is 0 Å². The van der Waals surface area contributed by atoms with Gasteiger partial charge in [0.15, 0.2) is 36.3 Å². The van der Waals surface area contributed by atoms with E-state index in [4.69, 9.17) is 28.4 Å². The first-order chi connectivity index (χ1) is 21.4. The van der Waals surface area contributed by atoms with Gasteiger partial charge in [0.2, 0.25) is 5.78 Å². The van der Waals surface area contributed by atoms with Crippen LogP contribution in [0, 0.1) is 0 Å². The third kappa shape index (κ3) is 6.25. The quantitative estimate of drug-likeness (QED) is 0.139. The van der Waals surface area contributed by atoms with Gasteiger partial charge >= 0.3 is 0 Å². The van der Waals surface area contributed by atoms with Crippen molar-refractivity contribution in [2.45, 2.75) is 73.6 Å². The molecule has 0 saturated carbocycles. The van der Waals surface area contributed by atoms with Crippen molar-refractivity contribution in [1.82, 2.24) is 0 Å². The number of carbonyl (C=O) groups excluding carboxylic acids is 1. The average molecular weight is 643 g/mol. The van der Waals surface area contributed by atoms with Crippen molar-refractivity contribution < 1.29 is 84.3 Å². The topological polar surface area (TPSA) is 275 Å². The zero-order chi connectivity index (χ0) is 32.7. The van der Waals surface area contributed by atoms with Crippen molar-refractivity contribution in [2.75, 3.05) is 20.3 Å². The van der Waals surface area contributed by atoms with Crippen LogP contribution in [0.5, 0.6) is 28.7 Å². The van der Waals surface area contributed by atoms with E-state index in [-0.39, 0.29) is 28.4 Å². The van der Waals surface area contributed by atoms with Crippen LogP contribution in [0.25, 0.3) is 0 Å². The van der Waals surface area contributed by atoms with Gasteiger partial charge in [-0.15, -0.1) is 0 Å². The Bertz CT molecular complexity index is 1370. The third-order valence-corrected chi connectivity index (χ3v) is 7.85. The van der Waals surface area contributed by atoms with E-state index in [2.05, 4.69) is 0 Å². The Morgan fingerprint density at radius 3 is 2.09 bits per heavy atom. The summed E-state index contributed by atoms with van der Waals surface area (Å²) in [5.74, 6) is -2.37. The number of aliphatic hydroxyl groups is 7. The lowest BCUT2D eigenvalue weighted by Gasteiger charge is -2.44. The number of benzene rings is 2. The van der Waals surface area contributed by atoms with Crippen LogP contribution in [-0.2, 0) is 18.9 Å². The largest absolute Gasteiger partial charge is 0.508 e. The van der Waals surface area contributed by atoms with Gasteiger partial charge in [-0.1, -0.05) is 6.07 Å². The average Bonchev–Trinajstić information content (AvgIpc) is 3.01. The molecule has 3 aliphatic heterocycles. The van der Waals surface area contributed by atoms with Crippen LogP contribution in [0.15, 0.2) is 30.3 Å². The smallest absolute Gasteiger partial charge is 0.203 e. The lowest BCUT2D eigenvalue weighted by Crippen LogP contribution is -2.62. The number of carbonyl (C=O) groups is 1. The van der Waals surface area contributed by atoms with E-state index >= 15 is 0 Å². The molecule has 2 saturated heterocycles. The van der Waals surface area contributed by atoms with Crippen molar-refractivity contribution in [1.29, 1.82) is 0 Å². The molecule has 2 fully saturated rings. The van der Waals surface area contributed by atoms with E-state index in [1.807, 2.05) is 0 Å². The molecular weight excluding hydrogens is 608 g/mol. The van der Waals surface area contributed by atoms with Gasteiger partial charge in [0, 0.05) is 12.1 Å². The van der Waals surface area contributed by atoms with Crippen molar-refractivity contribution in [3.8, 4) is 28.7 Å². The van der Waals surface area contributed by atoms with E-state index < -0.39 is 104 Å². The number of aliphatic hydroxyl groups excluding tert-OH is 7. The van der Waals surface area contributed by atoms with Crippen LogP contribution < -0.4 is 9.47 Å². The molecule has 3 aliphatic rings. The number of rotatable bonds is 8. The van der Waals surface area contributed by atoms with Gasteiger partial charge in [-0.05, 0) is 17.7 Å². The Kier molecular flexibility index (Phi) is 9.68. The van der Waals surface area contributed by atoms with Crippen LogP contribution in [-0.4, -0.2) is 145 Å². The molecule has 0 radical (unpaired) electrons. The Morgan fingerprint density at radius 1 is 0.778 bits per heavy atom. The maximum absolute atomic E-state index is 13.7. The molecule has 17 nitrogen and oxygen atoms in total. The maximum Gasteiger partial charge on any atom is 0.203 e. The molecule has 0 amide bonds. The molecule has 3 heterocycles. The van der Waals surface area contributed by atoms with Crippen LogP contribution in [0.1, 0.15) is 22.0 Å². The predicted octanol–water partition coefficient (Wildman–Crippen LogP) is -2.86. The minimum Gasteiger partial charge on any atom is -0.508 e. The maximum atomic E-state index is 13.7. The first-order valence-corrected chi connectivity index (χ1v) is 13.8. The van der Waals surface area contributed by atoms with E-state index in [1.54, 1.807) is 0 Å². The van der Waals surface area contributed by atoms with Gasteiger partial charge in [0.1, 0.15) is 71.6 Å². The number of aromatic hydroxyl groups is 3. The zero-order valence-electron chi connectivity index (χ0n) is 23.6. The van der Waals surface area contributed by atoms with Gasteiger partial charge < -0.3 is 79.5 Å². The Labute approximate surface area is 254 Å². The second-order valence-electron chi connectivity index (χ2n) is 10.8. The summed E-state index contributed by atoms with van der Waals surface area (Å²) in [6, 6.07) is 5.97. The SMILES string of the molecule is COc1cc([C@@H]2Oc3cc(O)cc(O)c3C(=O)[C@@H]2O[C@H]2O[C@@H](CO[C@H]3O[C@@H](CO)[C@H](O)[C@@H](O)[C@@H]3O)[C@H](O)[C@@H](O)[C@@H]2O)ccc1O. The van der Waals surface area contributed by atoms with Crippen LogP contribution in [0.3, 0.4) is 0 Å². The van der Waals surface area contributed by atoms with Crippen molar-refractivity contribution in [3.63, 3.8) is 0 Å². The molecule has 0 spiro atoms. The van der Waals surface area contributed by atoms with Gasteiger partial charge in [-0.25, -0.2) is 0 Å². The number of phenolic OH excluding ortho intramolecular Hbond substituents is 3. The number of ketones is 1. The van der Waals surface area contributed by atoms with E-state index in [0.29, 0.717) is 0 Å². The standard InChI is InChI=1S/C28H34O17/c1-40-13-4-9(2-3-11(13)31)25-26(20(35)17-12(32)5-10(30)6-14(17)42-25)45-28-24(39)22(37)19(34)16(44-28)8-41-27-23(38)21(36)18(33)15(7-29)43-27/h2-6,15-16,18-19,21-34,36-39H,7-8H2,1H3/t15-,16-,18-,19-,21+,22+,23-,24-,25-,26-,27-,28+/m0/s1. The first kappa shape index (κ1) is 33.0. The summed E-state index contributed by atoms with van der Waals surface area (Å²) in [7, 11) is 1.29. The van der Waals surface area contributed by atoms with Crippen molar-refractivity contribution in [3.05, 3.63) is 41.5 Å². The molecule has 0 aliphatic carbocycles. The van der Waals surface area contributed by atoms with E-state index in [9.17, 15) is 55.9 Å². The molecule has 248 valence electrons. The minimum absolute atomic E-state index is 0.00440. The Morgan fingerprint density at radius 2 is 1.42 bits per heavy atom. The molecule has 2 aromatic carbocycles. The van der Waals surface area contributed by atoms with E-state index in [0.717, 1.165) is 12.1 Å². The lowest BCUT2D eigenvalue weighted by molar-refractivity contribution is -0.335. The predicted molar refractivity (Wildman–Crippen MR) is 143 cm³/mol. The monoisotopic (exact) mass is 642 g/mol. The minimum atomic E-state index is -1.94. The summed E-state index contributed by atoms with van der Waals surface area (Å²) < 4.78 is 33.3. The number of ether oxygens (including phenoxy) is 6. The van der Waals surface area contributed by atoms with Crippen LogP contribution in [0.2, 0.25) is 0 Å². The van der Waals surface area contributed by atoms with Gasteiger partial charge in [-0.3, -0.25) is 4.79 Å². The third-order valence-electron chi connectivity index (χ3n) is 7.85. The Hall–Kier alpha value is -3.33. The number of phenols is 3. The molecule has 0 bridgehead atoms. The number of fused-ring (bicyclic) bond motifs is 1. The number of methoxy groups -OCH3 is 1. The molecule has 10 N–H and O–H groups in total. The molecule has 12 atom stereocenters. The summed E-state index contributed by atoms with van der Waals surface area (Å²) in [5, 5.41) is 102. The summed E-state index contributed by atoms with van der Waals surface area (Å²) in [6.07, 6.45) is -20.1. The molecule has 17 heteroatoms. The molecule has 0 unspecified atom stereocenters. The molecule has 5 rings (SSSR count). The fourth-order valence-corrected chi connectivity index (χ4v) is 5.36. The number of hydrogen-bond acceptors (Lipinski definition) is 17. The highest BCUT2D eigenvalue weighted by Crippen LogP contribution is 2.44. The van der Waals surface area contributed by atoms with Crippen LogP contribution in [0.4, 0.5) is 0 Å². The summed E-state index contributed by atoms with van der Waals surface area (Å²) in [4.78, 5) is 13.7. The highest BCUT2D eigenvalue weighted by atomic mass is 16.7. The Balaban J connectivity index is 1.40. The van der Waals surface area contributed by atoms with Gasteiger partial charge in [0.05, 0.1) is 20.3 Å². The lowest BCUT2D eigenvalue weighted by atomic mass is 9.92. The number of Topliss-reactive ketones (excluding diaryl/α,β-unsaturated/α-hetero) is 1. The zero-order valence-corrected chi connectivity index (χ0v) is 23.6. The summed E-state index contributed by atoms with van der Waals surface area (Å²) >= 11 is 0. The normalized spacial score (nSPS) is 36.7. The molecular formula is C28H34O17. The number of hydrogen-bond donors (Lipinski definition) is 10. The van der Waals surface area contributed by atoms with Crippen molar-refractivity contribution in [2.24, 2.45) is 0 Å². The molecule has 45 heavy (non-hydrogen) atoms. The fourth-order valence-electron chi connectivity index (χ4n) is 5.36. The summed E-state index contributed by atoms with van der Waals surface area (Å²) in [6.45, 7) is -1.37. The second kappa shape index (κ2) is 13.2. The highest BCUT2D eigenvalue weighted by molar-refractivity contribution is 6.05. The van der Waals surface area contributed by atoms with Gasteiger partial charge in [-0.2, -0.15) is 0 Å². The van der Waals surface area contributed by atoms with E-state index in [1.165, 1.54) is 25.3 Å². The summed E-state index contributed by atoms with van der Waals surface area (Å²) in [5.41, 5.74) is -0.155. The first-order valence-electron chi connectivity index (χ1n) is 13.8. The van der Waals surface area contributed by atoms with Gasteiger partial charge in [0.25, 0.3) is 0 Å². The molecule has 0 aromatic heterocycles. The highest BCUT2D eigenvalue weighted by Gasteiger charge is 2.50. The second-order valence-corrected chi connectivity index (χ2v) is 10.8. The fraction of sp³-hybridized carbons (Fsp3) is 0.536. The molecule has 2 aromatic rings.